The molecule has 2 rings (SSSR count). The van der Waals surface area contributed by atoms with E-state index in [0.29, 0.717) is 0 Å². The predicted molar refractivity (Wildman–Crippen MR) is 68.2 cm³/mol. The fourth-order valence-corrected chi connectivity index (χ4v) is 2.38. The maximum atomic E-state index is 11.3. The number of carbonyl (C=O) groups is 1. The Morgan fingerprint density at radius 1 is 1.53 bits per heavy atom. The standard InChI is InChI=1S/C12H14N2O2S/c1-7-4-5-9-10(6-7)14-12(13-9)17-8(2)11(15)16-3/h4-6,8H,1-3H3,(H,13,14). The van der Waals surface area contributed by atoms with E-state index in [4.69, 9.17) is 0 Å². The molecular weight excluding hydrogens is 236 g/mol. The number of H-pyrrole nitrogens is 1. The van der Waals surface area contributed by atoms with Crippen molar-refractivity contribution in [2.45, 2.75) is 24.3 Å². The molecule has 0 saturated carbocycles. The highest BCUT2D eigenvalue weighted by molar-refractivity contribution is 8.00. The Labute approximate surface area is 104 Å². The van der Waals surface area contributed by atoms with Crippen LogP contribution in [0.5, 0.6) is 0 Å². The van der Waals surface area contributed by atoms with Gasteiger partial charge < -0.3 is 9.72 Å². The summed E-state index contributed by atoms with van der Waals surface area (Å²) < 4.78 is 4.68. The van der Waals surface area contributed by atoms with Gasteiger partial charge in [-0.05, 0) is 31.5 Å². The lowest BCUT2D eigenvalue weighted by molar-refractivity contribution is -0.139. The Morgan fingerprint density at radius 2 is 2.29 bits per heavy atom. The SMILES string of the molecule is COC(=O)C(C)Sc1nc2ccc(C)cc2[nH]1. The minimum Gasteiger partial charge on any atom is -0.468 e. The number of hydrogen-bond acceptors (Lipinski definition) is 4. The van der Waals surface area contributed by atoms with Gasteiger partial charge in [-0.3, -0.25) is 4.79 Å². The minimum absolute atomic E-state index is 0.244. The number of nitrogens with zero attached hydrogens (tertiary/aromatic N) is 1. The molecule has 1 heterocycles. The van der Waals surface area contributed by atoms with E-state index < -0.39 is 0 Å². The second kappa shape index (κ2) is 4.79. The highest BCUT2D eigenvalue weighted by Crippen LogP contribution is 2.24. The lowest BCUT2D eigenvalue weighted by atomic mass is 10.2. The van der Waals surface area contributed by atoms with Gasteiger partial charge in [0.1, 0.15) is 5.25 Å². The maximum Gasteiger partial charge on any atom is 0.318 e. The number of carbonyl (C=O) groups excluding carboxylic acids is 1. The molecule has 2 aromatic rings. The lowest BCUT2D eigenvalue weighted by Gasteiger charge is -2.05. The largest absolute Gasteiger partial charge is 0.468 e. The van der Waals surface area contributed by atoms with Crippen molar-refractivity contribution < 1.29 is 9.53 Å². The maximum absolute atomic E-state index is 11.3. The number of fused-ring (bicyclic) bond motifs is 1. The van der Waals surface area contributed by atoms with Crippen molar-refractivity contribution in [2.75, 3.05) is 7.11 Å². The van der Waals surface area contributed by atoms with Gasteiger partial charge in [0, 0.05) is 0 Å². The molecule has 17 heavy (non-hydrogen) atoms. The van der Waals surface area contributed by atoms with Crippen molar-refractivity contribution in [2.24, 2.45) is 0 Å². The summed E-state index contributed by atoms with van der Waals surface area (Å²) in [5.74, 6) is -0.244. The van der Waals surface area contributed by atoms with Crippen molar-refractivity contribution in [3.05, 3.63) is 23.8 Å². The smallest absolute Gasteiger partial charge is 0.318 e. The van der Waals surface area contributed by atoms with Crippen LogP contribution in [0.4, 0.5) is 0 Å². The van der Waals surface area contributed by atoms with Crippen LogP contribution in [-0.4, -0.2) is 28.3 Å². The molecule has 0 aliphatic rings. The molecule has 0 bridgehead atoms. The molecule has 1 unspecified atom stereocenters. The van der Waals surface area contributed by atoms with Gasteiger partial charge in [-0.25, -0.2) is 4.98 Å². The molecule has 0 saturated heterocycles. The molecule has 1 atom stereocenters. The molecule has 0 fully saturated rings. The third-order valence-corrected chi connectivity index (χ3v) is 3.40. The van der Waals surface area contributed by atoms with Crippen molar-refractivity contribution in [1.82, 2.24) is 9.97 Å². The summed E-state index contributed by atoms with van der Waals surface area (Å²) >= 11 is 1.37. The van der Waals surface area contributed by atoms with Gasteiger partial charge in [-0.15, -0.1) is 0 Å². The van der Waals surface area contributed by atoms with E-state index in [9.17, 15) is 4.79 Å². The van der Waals surface area contributed by atoms with Gasteiger partial charge in [0.15, 0.2) is 5.16 Å². The number of esters is 1. The topological polar surface area (TPSA) is 55.0 Å². The van der Waals surface area contributed by atoms with Crippen LogP contribution in [0.3, 0.4) is 0 Å². The van der Waals surface area contributed by atoms with Crippen molar-refractivity contribution in [3.63, 3.8) is 0 Å². The summed E-state index contributed by atoms with van der Waals surface area (Å²) in [5, 5.41) is 0.477. The number of hydrogen-bond donors (Lipinski definition) is 1. The number of nitrogens with one attached hydrogen (secondary N) is 1. The summed E-state index contributed by atoms with van der Waals surface area (Å²) in [7, 11) is 1.39. The van der Waals surface area contributed by atoms with E-state index in [2.05, 4.69) is 14.7 Å². The number of methoxy groups -OCH3 is 1. The van der Waals surface area contributed by atoms with Crippen LogP contribution in [-0.2, 0) is 9.53 Å². The molecule has 0 spiro atoms. The quantitative estimate of drug-likeness (QED) is 0.672. The third kappa shape index (κ3) is 2.61. The highest BCUT2D eigenvalue weighted by Gasteiger charge is 2.16. The zero-order valence-electron chi connectivity index (χ0n) is 9.98. The number of thioether (sulfide) groups is 1. The van der Waals surface area contributed by atoms with Gasteiger partial charge >= 0.3 is 5.97 Å². The van der Waals surface area contributed by atoms with Gasteiger partial charge in [0.2, 0.25) is 0 Å². The molecule has 90 valence electrons. The van der Waals surface area contributed by atoms with E-state index in [1.165, 1.54) is 24.4 Å². The summed E-state index contributed by atoms with van der Waals surface area (Å²) in [5.41, 5.74) is 3.08. The molecule has 0 aliphatic carbocycles. The van der Waals surface area contributed by atoms with Crippen molar-refractivity contribution >= 4 is 28.8 Å². The average Bonchev–Trinajstić information content (AvgIpc) is 2.69. The molecule has 0 aliphatic heterocycles. The van der Waals surface area contributed by atoms with E-state index in [0.717, 1.165) is 16.2 Å². The number of aromatic amines is 1. The zero-order chi connectivity index (χ0) is 12.4. The van der Waals surface area contributed by atoms with Crippen LogP contribution in [0.2, 0.25) is 0 Å². The number of imidazole rings is 1. The van der Waals surface area contributed by atoms with Crippen LogP contribution in [0.15, 0.2) is 23.4 Å². The zero-order valence-corrected chi connectivity index (χ0v) is 10.8. The molecule has 4 nitrogen and oxygen atoms in total. The van der Waals surface area contributed by atoms with Crippen molar-refractivity contribution in [1.29, 1.82) is 0 Å². The number of ether oxygens (including phenoxy) is 1. The third-order valence-electron chi connectivity index (χ3n) is 2.44. The Morgan fingerprint density at radius 3 is 3.00 bits per heavy atom. The first kappa shape index (κ1) is 12.0. The van der Waals surface area contributed by atoms with E-state index in [1.807, 2.05) is 25.1 Å². The van der Waals surface area contributed by atoms with E-state index in [-0.39, 0.29) is 11.2 Å². The van der Waals surface area contributed by atoms with Crippen LogP contribution in [0.25, 0.3) is 11.0 Å². The van der Waals surface area contributed by atoms with Crippen molar-refractivity contribution in [3.8, 4) is 0 Å². The lowest BCUT2D eigenvalue weighted by Crippen LogP contribution is -2.14. The van der Waals surface area contributed by atoms with Gasteiger partial charge in [-0.1, -0.05) is 17.8 Å². The van der Waals surface area contributed by atoms with Gasteiger partial charge in [0.05, 0.1) is 18.1 Å². The van der Waals surface area contributed by atoms with E-state index >= 15 is 0 Å². The van der Waals surface area contributed by atoms with Gasteiger partial charge in [0.25, 0.3) is 0 Å². The second-order valence-corrected chi connectivity index (χ2v) is 5.18. The van der Waals surface area contributed by atoms with Gasteiger partial charge in [-0.2, -0.15) is 0 Å². The fourth-order valence-electron chi connectivity index (χ4n) is 1.54. The highest BCUT2D eigenvalue weighted by atomic mass is 32.2. The Bertz CT molecular complexity index is 550. The molecule has 0 amide bonds. The number of rotatable bonds is 3. The number of aromatic nitrogens is 2. The first-order valence-electron chi connectivity index (χ1n) is 5.31. The monoisotopic (exact) mass is 250 g/mol. The summed E-state index contributed by atoms with van der Waals surface area (Å²) in [6, 6.07) is 6.02. The van der Waals surface area contributed by atoms with Crippen LogP contribution in [0.1, 0.15) is 12.5 Å². The second-order valence-electron chi connectivity index (χ2n) is 3.85. The average molecular weight is 250 g/mol. The van der Waals surface area contributed by atoms with Crippen LogP contribution < -0.4 is 0 Å². The Balaban J connectivity index is 2.22. The molecule has 1 aromatic carbocycles. The number of aryl methyl sites for hydroxylation is 1. The fraction of sp³-hybridized carbons (Fsp3) is 0.333. The molecular formula is C12H14N2O2S. The normalized spacial score (nSPS) is 12.6. The summed E-state index contributed by atoms with van der Waals surface area (Å²) in [4.78, 5) is 18.9. The molecule has 0 radical (unpaired) electrons. The first-order valence-corrected chi connectivity index (χ1v) is 6.19. The summed E-state index contributed by atoms with van der Waals surface area (Å²) in [6.07, 6.45) is 0. The molecule has 1 aromatic heterocycles. The Hall–Kier alpha value is -1.49. The van der Waals surface area contributed by atoms with Crippen LogP contribution >= 0.6 is 11.8 Å². The number of benzene rings is 1. The molecule has 5 heteroatoms. The predicted octanol–water partition coefficient (Wildman–Crippen LogP) is 2.52. The first-order chi connectivity index (χ1) is 8.10. The summed E-state index contributed by atoms with van der Waals surface area (Å²) in [6.45, 7) is 3.83. The van der Waals surface area contributed by atoms with E-state index in [1.54, 1.807) is 6.92 Å². The van der Waals surface area contributed by atoms with Crippen LogP contribution in [0, 0.1) is 6.92 Å². The molecule has 1 N–H and O–H groups in total. The minimum atomic E-state index is -0.262. The Kier molecular flexibility index (Phi) is 3.38.